The maximum absolute atomic E-state index is 13.1. The van der Waals surface area contributed by atoms with Crippen LogP contribution in [0.5, 0.6) is 0 Å². The van der Waals surface area contributed by atoms with E-state index in [1.165, 1.54) is 0 Å². The van der Waals surface area contributed by atoms with E-state index >= 15 is 0 Å². The van der Waals surface area contributed by atoms with E-state index in [2.05, 4.69) is 4.90 Å². The Morgan fingerprint density at radius 3 is 2.63 bits per heavy atom. The molecule has 1 atom stereocenters. The first-order valence-electron chi connectivity index (χ1n) is 9.21. The third-order valence-electron chi connectivity index (χ3n) is 5.51. The monoisotopic (exact) mass is 392 g/mol. The van der Waals surface area contributed by atoms with Crippen molar-refractivity contribution in [3.05, 3.63) is 35.6 Å². The SMILES string of the molecule is COCc1c(C(=O)N2CCN([C@@H]3CCS(=O)(=O)C3)CC2)oc2ccccc12. The first-order chi connectivity index (χ1) is 13.0. The number of piperazine rings is 1. The molecule has 2 saturated heterocycles. The number of carbonyl (C=O) groups excluding carboxylic acids is 1. The van der Waals surface area contributed by atoms with Gasteiger partial charge in [-0.15, -0.1) is 0 Å². The summed E-state index contributed by atoms with van der Waals surface area (Å²) < 4.78 is 34.6. The maximum Gasteiger partial charge on any atom is 0.290 e. The van der Waals surface area contributed by atoms with Crippen LogP contribution in [0.3, 0.4) is 0 Å². The Morgan fingerprint density at radius 2 is 1.96 bits per heavy atom. The maximum atomic E-state index is 13.1. The second-order valence-electron chi connectivity index (χ2n) is 7.22. The normalized spacial score (nSPS) is 23.1. The quantitative estimate of drug-likeness (QED) is 0.785. The molecule has 146 valence electrons. The van der Waals surface area contributed by atoms with E-state index in [0.717, 1.165) is 10.9 Å². The minimum Gasteiger partial charge on any atom is -0.451 e. The Balaban J connectivity index is 1.48. The molecule has 27 heavy (non-hydrogen) atoms. The van der Waals surface area contributed by atoms with Gasteiger partial charge in [-0.2, -0.15) is 0 Å². The number of hydrogen-bond acceptors (Lipinski definition) is 6. The van der Waals surface area contributed by atoms with Crippen LogP contribution in [-0.4, -0.2) is 75.0 Å². The van der Waals surface area contributed by atoms with Gasteiger partial charge in [0.2, 0.25) is 0 Å². The molecule has 0 bridgehead atoms. The van der Waals surface area contributed by atoms with Gasteiger partial charge < -0.3 is 14.1 Å². The molecule has 0 saturated carbocycles. The molecule has 3 heterocycles. The number of benzene rings is 1. The van der Waals surface area contributed by atoms with E-state index < -0.39 is 9.84 Å². The first kappa shape index (κ1) is 18.5. The first-order valence-corrected chi connectivity index (χ1v) is 11.0. The summed E-state index contributed by atoms with van der Waals surface area (Å²) in [5.74, 6) is 0.727. The van der Waals surface area contributed by atoms with E-state index in [0.29, 0.717) is 50.5 Å². The lowest BCUT2D eigenvalue weighted by Gasteiger charge is -2.37. The zero-order chi connectivity index (χ0) is 19.0. The van der Waals surface area contributed by atoms with Crippen molar-refractivity contribution in [2.45, 2.75) is 19.1 Å². The van der Waals surface area contributed by atoms with Crippen LogP contribution in [0.4, 0.5) is 0 Å². The second-order valence-corrected chi connectivity index (χ2v) is 9.45. The Morgan fingerprint density at radius 1 is 1.22 bits per heavy atom. The highest BCUT2D eigenvalue weighted by atomic mass is 32.2. The summed E-state index contributed by atoms with van der Waals surface area (Å²) in [5, 5.41) is 0.900. The molecular formula is C19H24N2O5S. The third-order valence-corrected chi connectivity index (χ3v) is 7.26. The minimum absolute atomic E-state index is 0.0857. The number of sulfone groups is 1. The van der Waals surface area contributed by atoms with E-state index in [-0.39, 0.29) is 23.5 Å². The van der Waals surface area contributed by atoms with Crippen molar-refractivity contribution in [1.29, 1.82) is 0 Å². The molecule has 2 fully saturated rings. The predicted molar refractivity (Wildman–Crippen MR) is 101 cm³/mol. The van der Waals surface area contributed by atoms with Gasteiger partial charge in [-0.05, 0) is 12.5 Å². The molecule has 1 aromatic heterocycles. The summed E-state index contributed by atoms with van der Waals surface area (Å²) in [6.45, 7) is 2.83. The molecule has 0 radical (unpaired) electrons. The van der Waals surface area contributed by atoms with Gasteiger partial charge in [0.1, 0.15) is 5.58 Å². The molecule has 1 amide bonds. The standard InChI is InChI=1S/C19H24N2O5S/c1-25-12-16-15-4-2-3-5-17(15)26-18(16)19(22)21-9-7-20(8-10-21)14-6-11-27(23,24)13-14/h2-5,14H,6-13H2,1H3/t14-/m1/s1. The Kier molecular flexibility index (Phi) is 4.96. The van der Waals surface area contributed by atoms with Gasteiger partial charge in [-0.1, -0.05) is 18.2 Å². The lowest BCUT2D eigenvalue weighted by atomic mass is 10.1. The van der Waals surface area contributed by atoms with Crippen LogP contribution in [0, 0.1) is 0 Å². The Bertz CT molecular complexity index is 944. The molecule has 2 aromatic rings. The Hall–Kier alpha value is -1.90. The number of carbonyl (C=O) groups is 1. The fourth-order valence-corrected chi connectivity index (χ4v) is 5.82. The van der Waals surface area contributed by atoms with E-state index in [1.54, 1.807) is 12.0 Å². The molecule has 0 N–H and O–H groups in total. The van der Waals surface area contributed by atoms with Crippen molar-refractivity contribution in [3.63, 3.8) is 0 Å². The zero-order valence-corrected chi connectivity index (χ0v) is 16.2. The summed E-state index contributed by atoms with van der Waals surface area (Å²) in [6.07, 6.45) is 0.692. The van der Waals surface area contributed by atoms with E-state index in [4.69, 9.17) is 9.15 Å². The molecular weight excluding hydrogens is 368 g/mol. The van der Waals surface area contributed by atoms with Gasteiger partial charge in [0.05, 0.1) is 18.1 Å². The molecule has 1 aromatic carbocycles. The average molecular weight is 392 g/mol. The predicted octanol–water partition coefficient (Wildman–Crippen LogP) is 1.52. The molecule has 8 heteroatoms. The molecule has 0 unspecified atom stereocenters. The fourth-order valence-electron chi connectivity index (χ4n) is 4.06. The van der Waals surface area contributed by atoms with Crippen molar-refractivity contribution in [2.75, 3.05) is 44.8 Å². The van der Waals surface area contributed by atoms with Crippen molar-refractivity contribution in [2.24, 2.45) is 0 Å². The van der Waals surface area contributed by atoms with Crippen LogP contribution >= 0.6 is 0 Å². The number of hydrogen-bond donors (Lipinski definition) is 0. The number of amides is 1. The van der Waals surface area contributed by atoms with Crippen molar-refractivity contribution < 1.29 is 22.4 Å². The summed E-state index contributed by atoms with van der Waals surface area (Å²) in [5.41, 5.74) is 1.46. The van der Waals surface area contributed by atoms with Gasteiger partial charge in [-0.3, -0.25) is 9.69 Å². The fraction of sp³-hybridized carbons (Fsp3) is 0.526. The molecule has 0 aliphatic carbocycles. The highest BCUT2D eigenvalue weighted by Crippen LogP contribution is 2.28. The number of ether oxygens (including phenoxy) is 1. The highest BCUT2D eigenvalue weighted by Gasteiger charge is 2.35. The zero-order valence-electron chi connectivity index (χ0n) is 15.4. The number of fused-ring (bicyclic) bond motifs is 1. The van der Waals surface area contributed by atoms with Crippen LogP contribution in [0.1, 0.15) is 22.5 Å². The number of rotatable bonds is 4. The van der Waals surface area contributed by atoms with Gasteiger partial charge in [0.25, 0.3) is 5.91 Å². The number of para-hydroxylation sites is 1. The van der Waals surface area contributed by atoms with Crippen LogP contribution in [0.25, 0.3) is 11.0 Å². The third kappa shape index (κ3) is 3.61. The lowest BCUT2D eigenvalue weighted by Crippen LogP contribution is -2.52. The van der Waals surface area contributed by atoms with Crippen molar-refractivity contribution >= 4 is 26.7 Å². The smallest absolute Gasteiger partial charge is 0.290 e. The van der Waals surface area contributed by atoms with E-state index in [9.17, 15) is 13.2 Å². The lowest BCUT2D eigenvalue weighted by molar-refractivity contribution is 0.0555. The topological polar surface area (TPSA) is 80.1 Å². The van der Waals surface area contributed by atoms with Crippen LogP contribution in [0.2, 0.25) is 0 Å². The van der Waals surface area contributed by atoms with Gasteiger partial charge in [0.15, 0.2) is 15.6 Å². The molecule has 4 rings (SSSR count). The highest BCUT2D eigenvalue weighted by molar-refractivity contribution is 7.91. The number of methoxy groups -OCH3 is 1. The number of nitrogens with zero attached hydrogens (tertiary/aromatic N) is 2. The van der Waals surface area contributed by atoms with E-state index in [1.807, 2.05) is 24.3 Å². The van der Waals surface area contributed by atoms with Gasteiger partial charge in [0, 0.05) is 50.3 Å². The van der Waals surface area contributed by atoms with Crippen molar-refractivity contribution in [1.82, 2.24) is 9.80 Å². The summed E-state index contributed by atoms with van der Waals surface area (Å²) in [7, 11) is -1.29. The molecule has 2 aliphatic heterocycles. The average Bonchev–Trinajstić information content (AvgIpc) is 3.22. The van der Waals surface area contributed by atoms with Crippen LogP contribution < -0.4 is 0 Å². The summed E-state index contributed by atoms with van der Waals surface area (Å²) >= 11 is 0. The van der Waals surface area contributed by atoms with Crippen LogP contribution in [-0.2, 0) is 21.2 Å². The summed E-state index contributed by atoms with van der Waals surface area (Å²) in [6, 6.07) is 7.67. The van der Waals surface area contributed by atoms with Gasteiger partial charge >= 0.3 is 0 Å². The Labute approximate surface area is 158 Å². The molecule has 0 spiro atoms. The largest absolute Gasteiger partial charge is 0.451 e. The van der Waals surface area contributed by atoms with Gasteiger partial charge in [-0.25, -0.2) is 8.42 Å². The number of furan rings is 1. The molecule has 2 aliphatic rings. The second kappa shape index (κ2) is 7.26. The van der Waals surface area contributed by atoms with Crippen LogP contribution in [0.15, 0.2) is 28.7 Å². The van der Waals surface area contributed by atoms with Crippen molar-refractivity contribution in [3.8, 4) is 0 Å². The minimum atomic E-state index is -2.90. The molecule has 7 nitrogen and oxygen atoms in total. The summed E-state index contributed by atoms with van der Waals surface area (Å²) in [4.78, 5) is 17.0.